The molecule has 0 radical (unpaired) electrons. The number of pyridine rings is 1. The number of alkyl halides is 1. The molecule has 1 aliphatic rings. The van der Waals surface area contributed by atoms with Crippen LogP contribution in [0.1, 0.15) is 44.6 Å². The summed E-state index contributed by atoms with van der Waals surface area (Å²) < 4.78 is 19.7. The summed E-state index contributed by atoms with van der Waals surface area (Å²) in [5, 5.41) is 1.20. The summed E-state index contributed by atoms with van der Waals surface area (Å²) in [6.07, 6.45) is 5.96. The van der Waals surface area contributed by atoms with Crippen molar-refractivity contribution in [1.29, 1.82) is 0 Å². The molecule has 0 atom stereocenters. The largest absolute Gasteiger partial charge is 0.490 e. The Kier molecular flexibility index (Phi) is 4.82. The summed E-state index contributed by atoms with van der Waals surface area (Å²) in [5.74, 6) is 1.47. The summed E-state index contributed by atoms with van der Waals surface area (Å²) >= 11 is 5.90. The van der Waals surface area contributed by atoms with Crippen molar-refractivity contribution in [2.24, 2.45) is 5.92 Å². The molecule has 1 heterocycles. The Morgan fingerprint density at radius 3 is 2.64 bits per heavy atom. The molecule has 0 N–H and O–H groups in total. The average molecular weight is 322 g/mol. The van der Waals surface area contributed by atoms with Gasteiger partial charge in [0, 0.05) is 10.9 Å². The van der Waals surface area contributed by atoms with Crippen LogP contribution in [0.2, 0.25) is 5.15 Å². The second-order valence-electron chi connectivity index (χ2n) is 6.05. The molecule has 1 saturated carbocycles. The Labute approximate surface area is 135 Å². The molecule has 0 unspecified atom stereocenters. The Morgan fingerprint density at radius 2 is 1.95 bits per heavy atom. The van der Waals surface area contributed by atoms with Gasteiger partial charge in [-0.15, -0.1) is 0 Å². The predicted molar refractivity (Wildman–Crippen MR) is 88.2 cm³/mol. The quantitative estimate of drug-likeness (QED) is 0.673. The van der Waals surface area contributed by atoms with Crippen LogP contribution in [0.15, 0.2) is 24.3 Å². The van der Waals surface area contributed by atoms with Crippen LogP contribution in [0.5, 0.6) is 5.75 Å². The molecular weight excluding hydrogens is 301 g/mol. The Hall–Kier alpha value is -1.35. The summed E-state index contributed by atoms with van der Waals surface area (Å²) in [6, 6.07) is 7.19. The predicted octanol–water partition coefficient (Wildman–Crippen LogP) is 5.71. The normalized spacial score (nSPS) is 22.0. The number of nitrogens with zero attached hydrogens (tertiary/aromatic N) is 1. The van der Waals surface area contributed by atoms with Crippen LogP contribution >= 0.6 is 11.6 Å². The van der Waals surface area contributed by atoms with Crippen molar-refractivity contribution in [3.63, 3.8) is 0 Å². The molecule has 0 bridgehead atoms. The molecule has 118 valence electrons. The molecule has 2 nitrogen and oxygen atoms in total. The summed E-state index contributed by atoms with van der Waals surface area (Å²) in [6.45, 7) is 1.69. The lowest BCUT2D eigenvalue weighted by molar-refractivity contribution is 0.128. The highest BCUT2D eigenvalue weighted by atomic mass is 35.5. The third-order valence-electron chi connectivity index (χ3n) is 4.70. The van der Waals surface area contributed by atoms with Crippen molar-refractivity contribution in [2.45, 2.75) is 51.8 Å². The van der Waals surface area contributed by atoms with E-state index in [-0.39, 0.29) is 6.10 Å². The minimum Gasteiger partial charge on any atom is -0.490 e. The highest BCUT2D eigenvalue weighted by Gasteiger charge is 2.22. The van der Waals surface area contributed by atoms with Crippen LogP contribution in [-0.4, -0.2) is 11.1 Å². The van der Waals surface area contributed by atoms with E-state index in [9.17, 15) is 4.39 Å². The van der Waals surface area contributed by atoms with Crippen LogP contribution < -0.4 is 4.74 Å². The maximum Gasteiger partial charge on any atom is 0.129 e. The topological polar surface area (TPSA) is 22.1 Å². The molecule has 1 fully saturated rings. The van der Waals surface area contributed by atoms with Crippen LogP contribution in [0, 0.1) is 5.92 Å². The zero-order chi connectivity index (χ0) is 15.5. The van der Waals surface area contributed by atoms with E-state index in [0.717, 1.165) is 24.1 Å². The number of ether oxygens (including phenoxy) is 1. The van der Waals surface area contributed by atoms with E-state index in [1.54, 1.807) is 6.07 Å². The van der Waals surface area contributed by atoms with Crippen LogP contribution in [0.25, 0.3) is 10.9 Å². The maximum atomic E-state index is 13.5. The highest BCUT2D eigenvalue weighted by Crippen LogP contribution is 2.33. The lowest BCUT2D eigenvalue weighted by Gasteiger charge is -2.29. The fourth-order valence-corrected chi connectivity index (χ4v) is 3.46. The van der Waals surface area contributed by atoms with Crippen molar-refractivity contribution in [2.75, 3.05) is 0 Å². The first kappa shape index (κ1) is 15.5. The minimum atomic E-state index is -0.555. The molecule has 0 amide bonds. The van der Waals surface area contributed by atoms with Crippen LogP contribution in [0.3, 0.4) is 0 Å². The molecular formula is C18H21ClFNO. The van der Waals surface area contributed by atoms with E-state index in [1.807, 2.05) is 18.2 Å². The maximum absolute atomic E-state index is 13.5. The van der Waals surface area contributed by atoms with Gasteiger partial charge in [0.2, 0.25) is 0 Å². The van der Waals surface area contributed by atoms with E-state index in [1.165, 1.54) is 19.3 Å². The van der Waals surface area contributed by atoms with Gasteiger partial charge in [-0.05, 0) is 55.9 Å². The summed E-state index contributed by atoms with van der Waals surface area (Å²) in [4.78, 5) is 4.24. The van der Waals surface area contributed by atoms with Crippen LogP contribution in [-0.2, 0) is 6.67 Å². The van der Waals surface area contributed by atoms with Crippen molar-refractivity contribution in [1.82, 2.24) is 4.98 Å². The van der Waals surface area contributed by atoms with Gasteiger partial charge < -0.3 is 4.74 Å². The first-order chi connectivity index (χ1) is 10.7. The molecule has 2 aromatic rings. The fraction of sp³-hybridized carbons (Fsp3) is 0.500. The van der Waals surface area contributed by atoms with E-state index < -0.39 is 6.67 Å². The number of benzene rings is 1. The number of rotatable bonds is 4. The van der Waals surface area contributed by atoms with E-state index in [2.05, 4.69) is 11.9 Å². The number of halogens is 2. The van der Waals surface area contributed by atoms with Gasteiger partial charge in [0.25, 0.3) is 0 Å². The molecule has 3 rings (SSSR count). The van der Waals surface area contributed by atoms with Crippen LogP contribution in [0.4, 0.5) is 4.39 Å². The molecule has 4 heteroatoms. The molecule has 22 heavy (non-hydrogen) atoms. The van der Waals surface area contributed by atoms with Gasteiger partial charge in [0.1, 0.15) is 17.6 Å². The van der Waals surface area contributed by atoms with Gasteiger partial charge in [-0.1, -0.05) is 24.9 Å². The third-order valence-corrected chi connectivity index (χ3v) is 4.91. The first-order valence-electron chi connectivity index (χ1n) is 8.02. The van der Waals surface area contributed by atoms with Crippen molar-refractivity contribution < 1.29 is 9.13 Å². The molecule has 0 spiro atoms. The third kappa shape index (κ3) is 3.19. The molecule has 1 aromatic heterocycles. The standard InChI is InChI=1S/C18H21ClFNO/c1-2-12-3-5-13(6-4-12)22-17-9-8-16-14(15(17)11-20)7-10-18(19)21-16/h7-10,12-13H,2-6,11H2,1H3/t12-,13+. The Balaban J connectivity index is 1.83. The first-order valence-corrected chi connectivity index (χ1v) is 8.39. The molecule has 1 aliphatic carbocycles. The average Bonchev–Trinajstić information content (AvgIpc) is 2.55. The second-order valence-corrected chi connectivity index (χ2v) is 6.43. The molecule has 0 aliphatic heterocycles. The monoisotopic (exact) mass is 321 g/mol. The van der Waals surface area contributed by atoms with Crippen molar-refractivity contribution >= 4 is 22.5 Å². The minimum absolute atomic E-state index is 0.200. The molecule has 1 aromatic carbocycles. The highest BCUT2D eigenvalue weighted by molar-refractivity contribution is 6.29. The van der Waals surface area contributed by atoms with E-state index in [4.69, 9.17) is 16.3 Å². The van der Waals surface area contributed by atoms with Crippen molar-refractivity contribution in [3.05, 3.63) is 35.0 Å². The smallest absolute Gasteiger partial charge is 0.129 e. The second kappa shape index (κ2) is 6.82. The van der Waals surface area contributed by atoms with Gasteiger partial charge in [-0.2, -0.15) is 0 Å². The molecule has 0 saturated heterocycles. The zero-order valence-corrected chi connectivity index (χ0v) is 13.6. The van der Waals surface area contributed by atoms with Gasteiger partial charge in [0.05, 0.1) is 11.6 Å². The lowest BCUT2D eigenvalue weighted by Crippen LogP contribution is -2.24. The SMILES string of the molecule is CC[C@H]1CC[C@@H](Oc2ccc3nc(Cl)ccc3c2CF)CC1. The van der Waals surface area contributed by atoms with Gasteiger partial charge in [-0.25, -0.2) is 9.37 Å². The zero-order valence-electron chi connectivity index (χ0n) is 12.8. The van der Waals surface area contributed by atoms with Crippen molar-refractivity contribution in [3.8, 4) is 5.75 Å². The number of fused-ring (bicyclic) bond motifs is 1. The van der Waals surface area contributed by atoms with Gasteiger partial charge in [0.15, 0.2) is 0 Å². The lowest BCUT2D eigenvalue weighted by atomic mass is 9.86. The Bertz CT molecular complexity index is 653. The summed E-state index contributed by atoms with van der Waals surface area (Å²) in [5.41, 5.74) is 1.29. The van der Waals surface area contributed by atoms with E-state index in [0.29, 0.717) is 22.0 Å². The number of hydrogen-bond donors (Lipinski definition) is 0. The Morgan fingerprint density at radius 1 is 1.18 bits per heavy atom. The number of aromatic nitrogens is 1. The van der Waals surface area contributed by atoms with Gasteiger partial charge in [-0.3, -0.25) is 0 Å². The van der Waals surface area contributed by atoms with Gasteiger partial charge >= 0.3 is 0 Å². The fourth-order valence-electron chi connectivity index (χ4n) is 3.31. The number of hydrogen-bond acceptors (Lipinski definition) is 2. The van der Waals surface area contributed by atoms with E-state index >= 15 is 0 Å². The summed E-state index contributed by atoms with van der Waals surface area (Å²) in [7, 11) is 0.